The van der Waals surface area contributed by atoms with Crippen LogP contribution in [0.15, 0.2) is 30.5 Å². The summed E-state index contributed by atoms with van der Waals surface area (Å²) in [4.78, 5) is 92.2. The van der Waals surface area contributed by atoms with Crippen molar-refractivity contribution < 1.29 is 48.9 Å². The number of thiol groups is 2. The zero-order valence-corrected chi connectivity index (χ0v) is 35.1. The lowest BCUT2D eigenvalue weighted by Gasteiger charge is -2.25. The molecule has 0 bridgehead atoms. The molecule has 0 aliphatic carbocycles. The number of benzene rings is 1. The summed E-state index contributed by atoms with van der Waals surface area (Å²) in [7, 11) is 1.72. The van der Waals surface area contributed by atoms with Gasteiger partial charge in [0.05, 0.1) is 36.2 Å². The number of amides is 3. The fraction of sp³-hybridized carbons (Fsp3) is 0.615. The monoisotopic (exact) mass is 849 g/mol. The maximum Gasteiger partial charge on any atom is 0.326 e. The number of rotatable bonds is 29. The Morgan fingerprint density at radius 2 is 1.40 bits per heavy atom. The summed E-state index contributed by atoms with van der Waals surface area (Å²) in [6.45, 7) is 3.19. The molecule has 0 unspecified atom stereocenters. The first-order chi connectivity index (χ1) is 27.5. The highest BCUT2D eigenvalue weighted by molar-refractivity contribution is 7.80. The number of unbranched alkanes of at least 4 members (excludes halogenated alkanes) is 1. The number of aromatic hydroxyl groups is 1. The van der Waals surface area contributed by atoms with Gasteiger partial charge in [0.25, 0.3) is 0 Å². The number of aliphatic carboxylic acids is 1. The Morgan fingerprint density at radius 1 is 0.810 bits per heavy atom. The van der Waals surface area contributed by atoms with Crippen LogP contribution in [0.2, 0.25) is 0 Å². The SMILES string of the molecule is CC(C)C[C@H](NC(=O)[C@H](CO)CC(=O)[C@@H](Cc1ccc(O)cc1)NC(=O)[C@H](CS)CC(=O)[C@H](CS)NC(=O)[C@H](CCCCN)CC(=O)CCc1cn(C)nn1)C(=O)O. The van der Waals surface area contributed by atoms with E-state index in [2.05, 4.69) is 51.5 Å². The summed E-state index contributed by atoms with van der Waals surface area (Å²) >= 11 is 8.57. The number of carbonyl (C=O) groups excluding carboxylic acids is 6. The second-order valence-corrected chi connectivity index (χ2v) is 15.6. The van der Waals surface area contributed by atoms with Crippen LogP contribution < -0.4 is 21.7 Å². The molecule has 1 aromatic carbocycles. The summed E-state index contributed by atoms with van der Waals surface area (Å²) in [5, 5.41) is 45.0. The molecule has 0 spiro atoms. The van der Waals surface area contributed by atoms with Crippen molar-refractivity contribution in [2.24, 2.45) is 36.5 Å². The number of aliphatic hydroxyl groups is 1. The lowest BCUT2D eigenvalue weighted by atomic mass is 9.92. The van der Waals surface area contributed by atoms with Gasteiger partial charge < -0.3 is 37.0 Å². The van der Waals surface area contributed by atoms with Crippen LogP contribution in [0.25, 0.3) is 0 Å². The number of nitrogens with one attached hydrogen (secondary N) is 3. The number of ketones is 3. The van der Waals surface area contributed by atoms with Gasteiger partial charge in [-0.2, -0.15) is 25.3 Å². The Bertz CT molecular complexity index is 1670. The van der Waals surface area contributed by atoms with Gasteiger partial charge in [0.15, 0.2) is 11.6 Å². The Labute approximate surface area is 349 Å². The third-order valence-corrected chi connectivity index (χ3v) is 10.3. The van der Waals surface area contributed by atoms with Gasteiger partial charge in [0.1, 0.15) is 17.6 Å². The van der Waals surface area contributed by atoms with E-state index in [-0.39, 0.29) is 61.1 Å². The van der Waals surface area contributed by atoms with Crippen molar-refractivity contribution in [3.05, 3.63) is 41.7 Å². The number of carboxylic acid groups (broad SMARTS) is 1. The van der Waals surface area contributed by atoms with Gasteiger partial charge in [-0.1, -0.05) is 37.6 Å². The molecule has 0 aliphatic rings. The summed E-state index contributed by atoms with van der Waals surface area (Å²) in [5.41, 5.74) is 6.83. The molecule has 2 aromatic rings. The highest BCUT2D eigenvalue weighted by Crippen LogP contribution is 2.19. The van der Waals surface area contributed by atoms with E-state index < -0.39 is 84.2 Å². The smallest absolute Gasteiger partial charge is 0.326 e. The molecule has 1 heterocycles. The molecule has 322 valence electrons. The molecule has 58 heavy (non-hydrogen) atoms. The molecule has 17 nitrogen and oxygen atoms in total. The highest BCUT2D eigenvalue weighted by atomic mass is 32.1. The van der Waals surface area contributed by atoms with Crippen LogP contribution in [-0.2, 0) is 53.5 Å². The number of nitrogens with two attached hydrogens (primary N) is 1. The maximum atomic E-state index is 13.7. The number of aliphatic hydroxyl groups excluding tert-OH is 1. The Balaban J connectivity index is 2.18. The van der Waals surface area contributed by atoms with Crippen molar-refractivity contribution in [1.82, 2.24) is 30.9 Å². The molecule has 6 atom stereocenters. The summed E-state index contributed by atoms with van der Waals surface area (Å²) in [6, 6.07) is 2.25. The van der Waals surface area contributed by atoms with E-state index in [1.807, 2.05) is 0 Å². The molecule has 2 rings (SSSR count). The summed E-state index contributed by atoms with van der Waals surface area (Å²) < 4.78 is 1.53. The largest absolute Gasteiger partial charge is 0.508 e. The van der Waals surface area contributed by atoms with Crippen LogP contribution in [0.3, 0.4) is 0 Å². The molecule has 19 heteroatoms. The minimum atomic E-state index is -1.32. The number of carboxylic acids is 1. The Hall–Kier alpha value is -4.33. The fourth-order valence-corrected chi connectivity index (χ4v) is 6.76. The van der Waals surface area contributed by atoms with Gasteiger partial charge in [0.2, 0.25) is 17.7 Å². The van der Waals surface area contributed by atoms with E-state index in [4.69, 9.17) is 5.73 Å². The van der Waals surface area contributed by atoms with E-state index in [1.54, 1.807) is 27.1 Å². The van der Waals surface area contributed by atoms with E-state index in [0.29, 0.717) is 43.5 Å². The second kappa shape index (κ2) is 25.9. The molecule has 0 fully saturated rings. The third-order valence-electron chi connectivity index (χ3n) is 9.53. The van der Waals surface area contributed by atoms with Crippen LogP contribution in [0.1, 0.15) is 76.5 Å². The van der Waals surface area contributed by atoms with Gasteiger partial charge in [0, 0.05) is 56.4 Å². The van der Waals surface area contributed by atoms with E-state index >= 15 is 0 Å². The second-order valence-electron chi connectivity index (χ2n) is 14.9. The quantitative estimate of drug-likeness (QED) is 0.0409. The highest BCUT2D eigenvalue weighted by Gasteiger charge is 2.33. The van der Waals surface area contributed by atoms with Crippen LogP contribution in [-0.4, -0.2) is 114 Å². The molecule has 0 saturated carbocycles. The number of aromatic nitrogens is 3. The lowest BCUT2D eigenvalue weighted by Crippen LogP contribution is -2.50. The predicted molar refractivity (Wildman–Crippen MR) is 221 cm³/mol. The van der Waals surface area contributed by atoms with Gasteiger partial charge >= 0.3 is 5.97 Å². The number of carbonyl (C=O) groups is 7. The number of phenolic OH excluding ortho intramolecular Hbond substituents is 1. The van der Waals surface area contributed by atoms with Crippen molar-refractivity contribution in [3.8, 4) is 5.75 Å². The average molecular weight is 850 g/mol. The standard InChI is InChI=1S/C39H59N7O10S2/c1-23(2)14-32(39(55)56)42-37(53)26(20-47)17-34(50)31(15-24-7-10-29(48)11-8-24)41-38(54)27(21-57)18-35(51)33(22-58)43-36(52)25(6-4-5-13-40)16-30(49)12-9-28-19-46(3)45-44-28/h7-8,10-11,19,23,25-27,31-33,47-48,57-58H,4-6,9,12-18,20-22,40H2,1-3H3,(H,41,54)(H,42,53)(H,43,52)(H,55,56)/t25-,26+,27+,31-,32+,33+/m1/s1. The molecule has 8 N–H and O–H groups in total. The number of phenols is 1. The zero-order chi connectivity index (χ0) is 43.4. The van der Waals surface area contributed by atoms with Crippen molar-refractivity contribution in [2.75, 3.05) is 24.7 Å². The van der Waals surface area contributed by atoms with Gasteiger partial charge in [-0.05, 0) is 62.3 Å². The number of nitrogens with zero attached hydrogens (tertiary/aromatic N) is 3. The van der Waals surface area contributed by atoms with Gasteiger partial charge in [-0.3, -0.25) is 33.4 Å². The first kappa shape index (κ1) is 49.8. The predicted octanol–water partition coefficient (Wildman–Crippen LogP) is 0.988. The first-order valence-electron chi connectivity index (χ1n) is 19.4. The molecular weight excluding hydrogens is 791 g/mol. The number of hydrogen-bond donors (Lipinski definition) is 9. The van der Waals surface area contributed by atoms with E-state index in [9.17, 15) is 48.9 Å². The number of Topliss-reactive ketones (excluding diaryl/α,β-unsaturated/α-hetero) is 3. The minimum Gasteiger partial charge on any atom is -0.508 e. The molecule has 1 aromatic heterocycles. The fourth-order valence-electron chi connectivity index (χ4n) is 6.17. The van der Waals surface area contributed by atoms with Crippen LogP contribution >= 0.6 is 25.3 Å². The van der Waals surface area contributed by atoms with Gasteiger partial charge in [-0.25, -0.2) is 4.79 Å². The molecule has 3 amide bonds. The van der Waals surface area contributed by atoms with Crippen molar-refractivity contribution in [3.63, 3.8) is 0 Å². The maximum absolute atomic E-state index is 13.7. The van der Waals surface area contributed by atoms with Crippen molar-refractivity contribution >= 4 is 66.3 Å². The number of aryl methyl sites for hydroxylation is 2. The summed E-state index contributed by atoms with van der Waals surface area (Å²) in [6.07, 6.45) is 2.85. The topological polar surface area (TPSA) is 273 Å². The van der Waals surface area contributed by atoms with Crippen LogP contribution in [0.5, 0.6) is 5.75 Å². The normalized spacial score (nSPS) is 14.4. The number of hydrogen-bond acceptors (Lipinski definition) is 14. The Morgan fingerprint density at radius 3 is 1.95 bits per heavy atom. The van der Waals surface area contributed by atoms with Gasteiger partial charge in [-0.15, -0.1) is 5.10 Å². The molecule has 0 saturated heterocycles. The van der Waals surface area contributed by atoms with E-state index in [1.165, 1.54) is 28.9 Å². The lowest BCUT2D eigenvalue weighted by molar-refractivity contribution is -0.143. The summed E-state index contributed by atoms with van der Waals surface area (Å²) in [5.74, 6) is -8.13. The molecule has 0 radical (unpaired) electrons. The van der Waals surface area contributed by atoms with Crippen molar-refractivity contribution in [2.45, 2.75) is 96.2 Å². The Kier molecular flexibility index (Phi) is 22.3. The minimum absolute atomic E-state index is 0.0339. The van der Waals surface area contributed by atoms with E-state index in [0.717, 1.165) is 0 Å². The average Bonchev–Trinajstić information content (AvgIpc) is 3.61. The molecular formula is C39H59N7O10S2. The third kappa shape index (κ3) is 17.7. The van der Waals surface area contributed by atoms with Crippen LogP contribution in [0.4, 0.5) is 0 Å². The van der Waals surface area contributed by atoms with Crippen molar-refractivity contribution in [1.29, 1.82) is 0 Å². The van der Waals surface area contributed by atoms with Crippen LogP contribution in [0, 0.1) is 23.7 Å². The molecule has 0 aliphatic heterocycles. The zero-order valence-electron chi connectivity index (χ0n) is 33.3. The first-order valence-corrected chi connectivity index (χ1v) is 20.6.